The Morgan fingerprint density at radius 3 is 2.85 bits per heavy atom. The average molecular weight is 365 g/mol. The summed E-state index contributed by atoms with van der Waals surface area (Å²) in [6.45, 7) is 0. The first-order valence-corrected chi connectivity index (χ1v) is 8.67. The van der Waals surface area contributed by atoms with Crippen LogP contribution in [0.2, 0.25) is 0 Å². The maximum absolute atomic E-state index is 12.1. The van der Waals surface area contributed by atoms with Crippen molar-refractivity contribution in [2.45, 2.75) is 5.16 Å². The number of benzene rings is 2. The Morgan fingerprint density at radius 1 is 1.27 bits per heavy atom. The first-order chi connectivity index (χ1) is 12.7. The number of anilines is 1. The second kappa shape index (κ2) is 8.18. The summed E-state index contributed by atoms with van der Waals surface area (Å²) in [7, 11) is 1.59. The summed E-state index contributed by atoms with van der Waals surface area (Å²) < 4.78 is 5.31. The molecule has 26 heavy (non-hydrogen) atoms. The molecule has 1 amide bonds. The molecule has 0 atom stereocenters. The molecule has 0 saturated heterocycles. The molecule has 0 radical (unpaired) electrons. The molecule has 3 aromatic rings. The molecule has 7 nitrogen and oxygen atoms in total. The number of ether oxygens (including phenoxy) is 1. The number of hydrogen-bond acceptors (Lipinski definition) is 6. The summed E-state index contributed by atoms with van der Waals surface area (Å²) in [4.78, 5) is 16.5. The lowest BCUT2D eigenvalue weighted by Gasteiger charge is -2.05. The molecule has 0 aliphatic carbocycles. The molecule has 0 fully saturated rings. The zero-order chi connectivity index (χ0) is 18.4. The number of H-pyrrole nitrogens is 1. The Balaban J connectivity index is 1.63. The number of aromatic nitrogens is 3. The van der Waals surface area contributed by atoms with E-state index in [1.165, 1.54) is 11.8 Å². The van der Waals surface area contributed by atoms with Crippen molar-refractivity contribution < 1.29 is 9.53 Å². The SMILES string of the molecule is COc1ccccc1-c1nc(SCC(=O)Nc2ccccc2C#N)n[nH]1. The molecule has 130 valence electrons. The number of nitrogens with one attached hydrogen (secondary N) is 2. The molecule has 0 spiro atoms. The van der Waals surface area contributed by atoms with Crippen LogP contribution < -0.4 is 10.1 Å². The number of nitrogens with zero attached hydrogens (tertiary/aromatic N) is 3. The Kier molecular flexibility index (Phi) is 5.51. The van der Waals surface area contributed by atoms with Crippen molar-refractivity contribution in [3.63, 3.8) is 0 Å². The minimum absolute atomic E-state index is 0.128. The first kappa shape index (κ1) is 17.5. The highest BCUT2D eigenvalue weighted by atomic mass is 32.2. The van der Waals surface area contributed by atoms with Gasteiger partial charge in [0.05, 0.1) is 29.7 Å². The maximum atomic E-state index is 12.1. The largest absolute Gasteiger partial charge is 0.496 e. The number of para-hydroxylation sites is 2. The van der Waals surface area contributed by atoms with E-state index in [1.54, 1.807) is 31.4 Å². The van der Waals surface area contributed by atoms with Gasteiger partial charge in [0.25, 0.3) is 0 Å². The van der Waals surface area contributed by atoms with E-state index < -0.39 is 0 Å². The normalized spacial score (nSPS) is 10.2. The third-order valence-electron chi connectivity index (χ3n) is 3.48. The fraction of sp³-hybridized carbons (Fsp3) is 0.111. The van der Waals surface area contributed by atoms with Gasteiger partial charge in [0.1, 0.15) is 11.8 Å². The highest BCUT2D eigenvalue weighted by Crippen LogP contribution is 2.28. The first-order valence-electron chi connectivity index (χ1n) is 7.69. The molecule has 0 saturated carbocycles. The van der Waals surface area contributed by atoms with E-state index in [2.05, 4.69) is 20.5 Å². The number of hydrogen-bond donors (Lipinski definition) is 2. The number of rotatable bonds is 6. The molecular weight excluding hydrogens is 350 g/mol. The molecule has 0 unspecified atom stereocenters. The van der Waals surface area contributed by atoms with Crippen LogP contribution in [0.3, 0.4) is 0 Å². The van der Waals surface area contributed by atoms with Gasteiger partial charge in [-0.1, -0.05) is 36.0 Å². The number of methoxy groups -OCH3 is 1. The van der Waals surface area contributed by atoms with Crippen LogP contribution in [0, 0.1) is 11.3 Å². The highest BCUT2D eigenvalue weighted by molar-refractivity contribution is 7.99. The van der Waals surface area contributed by atoms with E-state index in [-0.39, 0.29) is 11.7 Å². The van der Waals surface area contributed by atoms with E-state index in [4.69, 9.17) is 10.00 Å². The van der Waals surface area contributed by atoms with E-state index in [9.17, 15) is 4.79 Å². The average Bonchev–Trinajstić information content (AvgIpc) is 3.15. The van der Waals surface area contributed by atoms with Crippen LogP contribution in [0.1, 0.15) is 5.56 Å². The predicted molar refractivity (Wildman–Crippen MR) is 98.9 cm³/mol. The van der Waals surface area contributed by atoms with E-state index in [0.717, 1.165) is 5.56 Å². The minimum atomic E-state index is -0.235. The summed E-state index contributed by atoms with van der Waals surface area (Å²) >= 11 is 1.20. The highest BCUT2D eigenvalue weighted by Gasteiger charge is 2.12. The summed E-state index contributed by atoms with van der Waals surface area (Å²) in [6, 6.07) is 16.4. The smallest absolute Gasteiger partial charge is 0.234 e. The van der Waals surface area contributed by atoms with Crippen molar-refractivity contribution in [1.29, 1.82) is 5.26 Å². The molecule has 0 aliphatic rings. The number of carbonyl (C=O) groups excluding carboxylic acids is 1. The second-order valence-corrected chi connectivity index (χ2v) is 6.10. The number of thioether (sulfide) groups is 1. The van der Waals surface area contributed by atoms with Crippen molar-refractivity contribution >= 4 is 23.4 Å². The number of nitriles is 1. The van der Waals surface area contributed by atoms with Gasteiger partial charge < -0.3 is 10.1 Å². The predicted octanol–water partition coefficient (Wildman–Crippen LogP) is 3.08. The minimum Gasteiger partial charge on any atom is -0.496 e. The summed E-state index contributed by atoms with van der Waals surface area (Å²) in [5, 5.41) is 19.2. The van der Waals surface area contributed by atoms with Gasteiger partial charge in [-0.15, -0.1) is 5.10 Å². The molecule has 0 bridgehead atoms. The standard InChI is InChI=1S/C18H15N5O2S/c1-25-15-9-5-3-7-13(15)17-21-18(23-22-17)26-11-16(24)20-14-8-4-2-6-12(14)10-19/h2-9H,11H2,1H3,(H,20,24)(H,21,22,23). The lowest BCUT2D eigenvalue weighted by molar-refractivity contribution is -0.113. The summed E-state index contributed by atoms with van der Waals surface area (Å²) in [5.41, 5.74) is 1.70. The van der Waals surface area contributed by atoms with Gasteiger partial charge >= 0.3 is 0 Å². The molecule has 0 aliphatic heterocycles. The summed E-state index contributed by atoms with van der Waals surface area (Å²) in [6.07, 6.45) is 0. The van der Waals surface area contributed by atoms with Gasteiger partial charge in [0.2, 0.25) is 11.1 Å². The number of amides is 1. The molecule has 3 rings (SSSR count). The van der Waals surface area contributed by atoms with Crippen LogP contribution in [0.25, 0.3) is 11.4 Å². The summed E-state index contributed by atoms with van der Waals surface area (Å²) in [5.74, 6) is 1.15. The Labute approximate surface area is 154 Å². The van der Waals surface area contributed by atoms with Gasteiger partial charge in [-0.2, -0.15) is 5.26 Å². The van der Waals surface area contributed by atoms with Crippen molar-refractivity contribution in [2.75, 3.05) is 18.2 Å². The van der Waals surface area contributed by atoms with E-state index >= 15 is 0 Å². The number of carbonyl (C=O) groups is 1. The van der Waals surface area contributed by atoms with Gasteiger partial charge in [-0.05, 0) is 24.3 Å². The van der Waals surface area contributed by atoms with Crippen LogP contribution in [0.4, 0.5) is 5.69 Å². The molecule has 1 heterocycles. The van der Waals surface area contributed by atoms with Gasteiger partial charge in [-0.25, -0.2) is 4.98 Å². The van der Waals surface area contributed by atoms with Crippen molar-refractivity contribution in [2.24, 2.45) is 0 Å². The monoisotopic (exact) mass is 365 g/mol. The van der Waals surface area contributed by atoms with Crippen LogP contribution in [0.5, 0.6) is 5.75 Å². The Hall–Kier alpha value is -3.31. The zero-order valence-electron chi connectivity index (χ0n) is 13.9. The van der Waals surface area contributed by atoms with E-state index in [0.29, 0.717) is 28.0 Å². The van der Waals surface area contributed by atoms with Gasteiger partial charge in [0.15, 0.2) is 5.82 Å². The maximum Gasteiger partial charge on any atom is 0.234 e. The van der Waals surface area contributed by atoms with Gasteiger partial charge in [-0.3, -0.25) is 9.89 Å². The lowest BCUT2D eigenvalue weighted by atomic mass is 10.2. The van der Waals surface area contributed by atoms with Crippen molar-refractivity contribution in [3.05, 3.63) is 54.1 Å². The topological polar surface area (TPSA) is 104 Å². The molecule has 2 N–H and O–H groups in total. The van der Waals surface area contributed by atoms with Gasteiger partial charge in [0, 0.05) is 0 Å². The quantitative estimate of drug-likeness (QED) is 0.651. The fourth-order valence-electron chi connectivity index (χ4n) is 2.28. The Morgan fingerprint density at radius 2 is 2.04 bits per heavy atom. The molecular formula is C18H15N5O2S. The van der Waals surface area contributed by atoms with Crippen molar-refractivity contribution in [3.8, 4) is 23.2 Å². The second-order valence-electron chi connectivity index (χ2n) is 5.16. The lowest BCUT2D eigenvalue weighted by Crippen LogP contribution is -2.15. The van der Waals surface area contributed by atoms with Crippen molar-refractivity contribution in [1.82, 2.24) is 15.2 Å². The number of aromatic amines is 1. The molecule has 2 aromatic carbocycles. The molecule has 8 heteroatoms. The van der Waals surface area contributed by atoms with Crippen LogP contribution in [-0.2, 0) is 4.79 Å². The van der Waals surface area contributed by atoms with Crippen LogP contribution in [-0.4, -0.2) is 34.0 Å². The third-order valence-corrected chi connectivity index (χ3v) is 4.33. The van der Waals surface area contributed by atoms with E-state index in [1.807, 2.05) is 30.3 Å². The Bertz CT molecular complexity index is 964. The zero-order valence-corrected chi connectivity index (χ0v) is 14.7. The molecule has 1 aromatic heterocycles. The third kappa shape index (κ3) is 4.02. The van der Waals surface area contributed by atoms with Crippen LogP contribution in [0.15, 0.2) is 53.7 Å². The fourth-order valence-corrected chi connectivity index (χ4v) is 2.88. The van der Waals surface area contributed by atoms with Crippen LogP contribution >= 0.6 is 11.8 Å².